The molecule has 0 saturated carbocycles. The van der Waals surface area contributed by atoms with Crippen LogP contribution in [-0.2, 0) is 25.4 Å². The van der Waals surface area contributed by atoms with Crippen LogP contribution in [0.4, 0.5) is 0 Å². The Balaban J connectivity index is 1.68. The standard InChI is InChI=1S/C23H25ClO10/c1-10-6-15-14(32-15)5-3-2-4-11(26)7-12-18(22(30)31-10)13(27)8-16(19(12)24)33-23-21(29)20(28)17(9-25)34-23/h2-5,8,10,14-15,17,20-21,23,25,27-29H,6-7,9H2,1H3. The van der Waals surface area contributed by atoms with Gasteiger partial charge in [0.15, 0.2) is 5.78 Å². The number of allylic oxidation sites excluding steroid dienone is 3. The molecular weight excluding hydrogens is 472 g/mol. The van der Waals surface area contributed by atoms with Crippen LogP contribution in [0, 0.1) is 0 Å². The number of benzene rings is 1. The van der Waals surface area contributed by atoms with Gasteiger partial charge in [-0.1, -0.05) is 29.8 Å². The highest BCUT2D eigenvalue weighted by atomic mass is 35.5. The fourth-order valence-electron chi connectivity index (χ4n) is 3.94. The molecule has 0 bridgehead atoms. The number of carbonyl (C=O) groups excluding carboxylic acids is 2. The van der Waals surface area contributed by atoms with Gasteiger partial charge in [-0.25, -0.2) is 4.79 Å². The van der Waals surface area contributed by atoms with Crippen molar-refractivity contribution in [2.24, 2.45) is 0 Å². The summed E-state index contributed by atoms with van der Waals surface area (Å²) in [7, 11) is 0. The lowest BCUT2D eigenvalue weighted by atomic mass is 9.99. The number of epoxide rings is 1. The third-order valence-corrected chi connectivity index (χ3v) is 6.21. The maximum Gasteiger partial charge on any atom is 0.342 e. The lowest BCUT2D eigenvalue weighted by Crippen LogP contribution is -2.35. The molecule has 0 aliphatic carbocycles. The molecule has 11 heteroatoms. The first-order valence-electron chi connectivity index (χ1n) is 10.8. The van der Waals surface area contributed by atoms with E-state index in [0.29, 0.717) is 6.42 Å². The Morgan fingerprint density at radius 1 is 1.18 bits per heavy atom. The number of aliphatic hydroxyl groups excluding tert-OH is 3. The van der Waals surface area contributed by atoms with E-state index >= 15 is 0 Å². The zero-order valence-corrected chi connectivity index (χ0v) is 18.9. The third kappa shape index (κ3) is 5.12. The number of hydrogen-bond donors (Lipinski definition) is 4. The molecular formula is C23H25ClO10. The van der Waals surface area contributed by atoms with Crippen molar-refractivity contribution in [2.75, 3.05) is 6.61 Å². The molecule has 4 rings (SSSR count). The summed E-state index contributed by atoms with van der Waals surface area (Å²) in [6.45, 7) is 1.13. The molecule has 1 aromatic rings. The predicted molar refractivity (Wildman–Crippen MR) is 117 cm³/mol. The van der Waals surface area contributed by atoms with Gasteiger partial charge in [-0.05, 0) is 13.0 Å². The van der Waals surface area contributed by atoms with Gasteiger partial charge in [-0.3, -0.25) is 4.79 Å². The first-order valence-corrected chi connectivity index (χ1v) is 11.1. The number of phenols is 1. The summed E-state index contributed by atoms with van der Waals surface area (Å²) in [5, 5.41) is 39.8. The number of phenolic OH excluding ortho intramolecular Hbond substituents is 1. The Kier molecular flexibility index (Phi) is 7.27. The molecule has 1 aromatic carbocycles. The number of rotatable bonds is 3. The molecule has 0 amide bonds. The Bertz CT molecular complexity index is 1020. The summed E-state index contributed by atoms with van der Waals surface area (Å²) in [5.74, 6) is -2.03. The summed E-state index contributed by atoms with van der Waals surface area (Å²) in [6.07, 6.45) is 0.217. The zero-order chi connectivity index (χ0) is 24.6. The molecule has 4 N–H and O–H groups in total. The summed E-state index contributed by atoms with van der Waals surface area (Å²) in [4.78, 5) is 25.5. The van der Waals surface area contributed by atoms with Crippen molar-refractivity contribution in [1.29, 1.82) is 0 Å². The molecule has 0 aromatic heterocycles. The van der Waals surface area contributed by atoms with Gasteiger partial charge >= 0.3 is 5.97 Å². The average molecular weight is 497 g/mol. The fraction of sp³-hybridized carbons (Fsp3) is 0.478. The number of aliphatic hydroxyl groups is 3. The second kappa shape index (κ2) is 10.0. The SMILES string of the molecule is CC1CC2OC2C=CC=CC(=O)Cc2c(Cl)c(OC3OC(CO)C(O)C3O)cc(O)c2C(=O)O1. The van der Waals surface area contributed by atoms with E-state index in [1.54, 1.807) is 25.2 Å². The van der Waals surface area contributed by atoms with E-state index in [4.69, 9.17) is 30.5 Å². The van der Waals surface area contributed by atoms with Crippen LogP contribution < -0.4 is 4.74 Å². The van der Waals surface area contributed by atoms with E-state index < -0.39 is 54.8 Å². The first kappa shape index (κ1) is 24.6. The Hall–Kier alpha value is -2.47. The molecule has 3 heterocycles. The van der Waals surface area contributed by atoms with Gasteiger partial charge in [0.25, 0.3) is 0 Å². The summed E-state index contributed by atoms with van der Waals surface area (Å²) < 4.78 is 21.8. The van der Waals surface area contributed by atoms with Crippen molar-refractivity contribution >= 4 is 23.4 Å². The smallest absolute Gasteiger partial charge is 0.342 e. The number of aromatic hydroxyl groups is 1. The second-order valence-electron chi connectivity index (χ2n) is 8.36. The van der Waals surface area contributed by atoms with Crippen LogP contribution in [0.15, 0.2) is 30.4 Å². The zero-order valence-electron chi connectivity index (χ0n) is 18.2. The largest absolute Gasteiger partial charge is 0.507 e. The number of cyclic esters (lactones) is 1. The van der Waals surface area contributed by atoms with Gasteiger partial charge in [-0.2, -0.15) is 0 Å². The minimum Gasteiger partial charge on any atom is -0.507 e. The summed E-state index contributed by atoms with van der Waals surface area (Å²) >= 11 is 6.48. The minimum atomic E-state index is -1.51. The van der Waals surface area contributed by atoms with Gasteiger partial charge in [0.2, 0.25) is 6.29 Å². The van der Waals surface area contributed by atoms with Crippen molar-refractivity contribution in [3.63, 3.8) is 0 Å². The molecule has 3 aliphatic heterocycles. The number of hydrogen-bond acceptors (Lipinski definition) is 10. The highest BCUT2D eigenvalue weighted by Gasteiger charge is 2.44. The Morgan fingerprint density at radius 2 is 1.94 bits per heavy atom. The quantitative estimate of drug-likeness (QED) is 0.349. The second-order valence-corrected chi connectivity index (χ2v) is 8.74. The van der Waals surface area contributed by atoms with E-state index in [0.717, 1.165) is 6.07 Å². The molecule has 7 atom stereocenters. The number of esters is 1. The van der Waals surface area contributed by atoms with Crippen molar-refractivity contribution in [3.05, 3.63) is 46.5 Å². The first-order chi connectivity index (χ1) is 16.2. The van der Waals surface area contributed by atoms with Crippen LogP contribution >= 0.6 is 11.6 Å². The number of carbonyl (C=O) groups is 2. The van der Waals surface area contributed by atoms with Crippen LogP contribution in [0.3, 0.4) is 0 Å². The highest BCUT2D eigenvalue weighted by molar-refractivity contribution is 6.33. The number of halogens is 1. The number of ketones is 1. The van der Waals surface area contributed by atoms with Crippen LogP contribution in [-0.4, -0.2) is 81.7 Å². The van der Waals surface area contributed by atoms with E-state index in [-0.39, 0.29) is 40.5 Å². The van der Waals surface area contributed by atoms with E-state index in [9.17, 15) is 30.0 Å². The van der Waals surface area contributed by atoms with E-state index in [1.807, 2.05) is 0 Å². The van der Waals surface area contributed by atoms with Crippen molar-refractivity contribution in [2.45, 2.75) is 62.7 Å². The predicted octanol–water partition coefficient (Wildman–Crippen LogP) is 0.804. The van der Waals surface area contributed by atoms with Crippen molar-refractivity contribution < 1.29 is 49.0 Å². The maximum absolute atomic E-state index is 12.9. The molecule has 184 valence electrons. The molecule has 0 radical (unpaired) electrons. The third-order valence-electron chi connectivity index (χ3n) is 5.79. The van der Waals surface area contributed by atoms with Crippen LogP contribution in [0.5, 0.6) is 11.5 Å². The molecule has 2 fully saturated rings. The van der Waals surface area contributed by atoms with Crippen LogP contribution in [0.1, 0.15) is 29.3 Å². The van der Waals surface area contributed by atoms with Crippen molar-refractivity contribution in [3.8, 4) is 11.5 Å². The van der Waals surface area contributed by atoms with Gasteiger partial charge in [0.05, 0.1) is 17.7 Å². The van der Waals surface area contributed by atoms with Gasteiger partial charge in [-0.15, -0.1) is 0 Å². The average Bonchev–Trinajstić information content (AvgIpc) is 3.46. The topological polar surface area (TPSA) is 155 Å². The van der Waals surface area contributed by atoms with E-state index in [2.05, 4.69) is 0 Å². The Labute approximate surface area is 199 Å². The van der Waals surface area contributed by atoms with Gasteiger partial charge in [0, 0.05) is 24.5 Å². The van der Waals surface area contributed by atoms with Crippen LogP contribution in [0.2, 0.25) is 5.02 Å². The molecule has 2 saturated heterocycles. The molecule has 7 unspecified atom stereocenters. The fourth-order valence-corrected chi connectivity index (χ4v) is 4.20. The normalized spacial score (nSPS) is 33.6. The molecule has 10 nitrogen and oxygen atoms in total. The molecule has 0 spiro atoms. The van der Waals surface area contributed by atoms with E-state index in [1.165, 1.54) is 6.08 Å². The van der Waals surface area contributed by atoms with Gasteiger partial charge < -0.3 is 39.4 Å². The maximum atomic E-state index is 12.9. The Morgan fingerprint density at radius 3 is 2.65 bits per heavy atom. The number of fused-ring (bicyclic) bond motifs is 2. The number of ether oxygens (including phenoxy) is 4. The summed E-state index contributed by atoms with van der Waals surface area (Å²) in [6, 6.07) is 1.04. The molecule has 3 aliphatic rings. The van der Waals surface area contributed by atoms with Crippen LogP contribution in [0.25, 0.3) is 0 Å². The minimum absolute atomic E-state index is 0.0307. The summed E-state index contributed by atoms with van der Waals surface area (Å²) in [5.41, 5.74) is -0.315. The van der Waals surface area contributed by atoms with Crippen molar-refractivity contribution in [1.82, 2.24) is 0 Å². The van der Waals surface area contributed by atoms with Gasteiger partial charge in [0.1, 0.15) is 47.6 Å². The lowest BCUT2D eigenvalue weighted by molar-refractivity contribution is -0.116. The lowest BCUT2D eigenvalue weighted by Gasteiger charge is -2.21. The highest BCUT2D eigenvalue weighted by Crippen LogP contribution is 2.40. The molecule has 34 heavy (non-hydrogen) atoms. The monoisotopic (exact) mass is 496 g/mol.